The Labute approximate surface area is 78.4 Å². The Kier molecular flexibility index (Phi) is 2.56. The number of benzene rings is 1. The molecule has 0 aliphatic rings. The summed E-state index contributed by atoms with van der Waals surface area (Å²) in [5.41, 5.74) is -0.809. The van der Waals surface area contributed by atoms with Crippen molar-refractivity contribution in [3.63, 3.8) is 0 Å². The predicted molar refractivity (Wildman–Crippen MR) is 49.8 cm³/mol. The van der Waals surface area contributed by atoms with E-state index >= 15 is 0 Å². The quantitative estimate of drug-likeness (QED) is 0.365. The van der Waals surface area contributed by atoms with Gasteiger partial charge in [-0.2, -0.15) is 0 Å². The van der Waals surface area contributed by atoms with Crippen LogP contribution < -0.4 is 16.4 Å². The number of thiol groups is 1. The van der Waals surface area contributed by atoms with Crippen LogP contribution in [0, 0.1) is 11.6 Å². The molecule has 0 saturated carbocycles. The van der Waals surface area contributed by atoms with E-state index in [1.165, 1.54) is 0 Å². The van der Waals surface area contributed by atoms with Crippen molar-refractivity contribution >= 4 is 52.6 Å². The van der Waals surface area contributed by atoms with Crippen LogP contribution in [-0.4, -0.2) is 23.5 Å². The number of halogens is 2. The molecular weight excluding hydrogens is 175 g/mol. The van der Waals surface area contributed by atoms with E-state index in [-0.39, 0.29) is 15.8 Å². The smallest absolute Gasteiger partial charge is 0.170 e. The Hall–Kier alpha value is -0.375. The minimum absolute atomic E-state index is 0.144. The van der Waals surface area contributed by atoms with Crippen LogP contribution in [0.1, 0.15) is 0 Å². The maximum absolute atomic E-state index is 12.8. The van der Waals surface area contributed by atoms with E-state index in [9.17, 15) is 8.78 Å². The lowest BCUT2D eigenvalue weighted by atomic mass is 9.72. The molecule has 0 heterocycles. The molecule has 0 nitrogen and oxygen atoms in total. The third-order valence-electron chi connectivity index (χ3n) is 1.47. The molecule has 12 heavy (non-hydrogen) atoms. The van der Waals surface area contributed by atoms with E-state index in [2.05, 4.69) is 12.6 Å². The maximum atomic E-state index is 12.8. The van der Waals surface area contributed by atoms with Crippen LogP contribution in [0.4, 0.5) is 8.78 Å². The van der Waals surface area contributed by atoms with Gasteiger partial charge >= 0.3 is 0 Å². The molecule has 0 N–H and O–H groups in total. The van der Waals surface area contributed by atoms with Gasteiger partial charge in [-0.05, 0) is 0 Å². The summed E-state index contributed by atoms with van der Waals surface area (Å²) in [7, 11) is 15.6. The first-order chi connectivity index (χ1) is 5.46. The van der Waals surface area contributed by atoms with Crippen molar-refractivity contribution in [3.8, 4) is 0 Å². The molecule has 0 atom stereocenters. The highest BCUT2D eigenvalue weighted by atomic mass is 32.1. The van der Waals surface area contributed by atoms with E-state index in [1.807, 2.05) is 0 Å². The molecule has 0 spiro atoms. The second kappa shape index (κ2) is 3.17. The summed E-state index contributed by atoms with van der Waals surface area (Å²) in [5.74, 6) is -2.39. The second-order valence-electron chi connectivity index (χ2n) is 2.22. The largest absolute Gasteiger partial charge is 0.204 e. The van der Waals surface area contributed by atoms with Gasteiger partial charge in [-0.1, -0.05) is 10.9 Å². The lowest BCUT2D eigenvalue weighted by Crippen LogP contribution is -2.42. The highest BCUT2D eigenvalue weighted by Gasteiger charge is 2.13. The summed E-state index contributed by atoms with van der Waals surface area (Å²) in [6.07, 6.45) is 0. The summed E-state index contributed by atoms with van der Waals surface area (Å²) in [6.45, 7) is 0. The van der Waals surface area contributed by atoms with Gasteiger partial charge in [-0.25, -0.2) is 8.78 Å². The predicted octanol–water partition coefficient (Wildman–Crippen LogP) is -1.37. The molecule has 0 saturated heterocycles. The molecule has 0 aromatic heterocycles. The van der Waals surface area contributed by atoms with Gasteiger partial charge in [-0.3, -0.25) is 0 Å². The molecule has 0 bridgehead atoms. The number of rotatable bonds is 0. The SMILES string of the molecule is [B]c1c([B])c(F)c(F)c(S)c1[B]. The van der Waals surface area contributed by atoms with Crippen molar-refractivity contribution in [1.82, 2.24) is 0 Å². The Morgan fingerprint density at radius 3 is 1.83 bits per heavy atom. The molecule has 0 fully saturated rings. The molecular formula is C6HB3F2S. The van der Waals surface area contributed by atoms with Crippen molar-refractivity contribution in [1.29, 1.82) is 0 Å². The van der Waals surface area contributed by atoms with Crippen molar-refractivity contribution < 1.29 is 8.78 Å². The molecule has 0 amide bonds. The van der Waals surface area contributed by atoms with Crippen molar-refractivity contribution in [2.24, 2.45) is 0 Å². The zero-order valence-corrected chi connectivity index (χ0v) is 6.83. The van der Waals surface area contributed by atoms with Crippen molar-refractivity contribution in [3.05, 3.63) is 11.6 Å². The fraction of sp³-hybridized carbons (Fsp3) is 0. The first kappa shape index (κ1) is 9.71. The van der Waals surface area contributed by atoms with Gasteiger partial charge in [0.2, 0.25) is 0 Å². The van der Waals surface area contributed by atoms with E-state index in [1.54, 1.807) is 0 Å². The summed E-state index contributed by atoms with van der Waals surface area (Å²) in [5, 5.41) is 0. The average molecular weight is 176 g/mol. The molecule has 1 aromatic carbocycles. The monoisotopic (exact) mass is 176 g/mol. The average Bonchev–Trinajstić information content (AvgIpc) is 2.08. The van der Waals surface area contributed by atoms with Gasteiger partial charge in [0.15, 0.2) is 11.6 Å². The van der Waals surface area contributed by atoms with Gasteiger partial charge in [-0.15, -0.1) is 18.1 Å². The van der Waals surface area contributed by atoms with Crippen LogP contribution in [-0.2, 0) is 0 Å². The zero-order valence-electron chi connectivity index (χ0n) is 5.94. The van der Waals surface area contributed by atoms with E-state index < -0.39 is 17.1 Å². The maximum Gasteiger partial charge on any atom is 0.170 e. The summed E-state index contributed by atoms with van der Waals surface area (Å²) in [4.78, 5) is -0.320. The highest BCUT2D eigenvalue weighted by Crippen LogP contribution is 2.09. The molecule has 0 aliphatic heterocycles. The van der Waals surface area contributed by atoms with Crippen LogP contribution >= 0.6 is 12.6 Å². The van der Waals surface area contributed by atoms with E-state index in [4.69, 9.17) is 23.5 Å². The Bertz CT molecular complexity index is 235. The lowest BCUT2D eigenvalue weighted by Gasteiger charge is -2.11. The van der Waals surface area contributed by atoms with Crippen molar-refractivity contribution in [2.75, 3.05) is 0 Å². The molecule has 0 aliphatic carbocycles. The van der Waals surface area contributed by atoms with Crippen LogP contribution in [0.2, 0.25) is 0 Å². The highest BCUT2D eigenvalue weighted by molar-refractivity contribution is 7.80. The molecule has 6 radical (unpaired) electrons. The Morgan fingerprint density at radius 1 is 0.833 bits per heavy atom. The Balaban J connectivity index is 3.60. The fourth-order valence-corrected chi connectivity index (χ4v) is 0.950. The molecule has 1 aromatic rings. The molecule has 1 rings (SSSR count). The minimum atomic E-state index is -1.22. The van der Waals surface area contributed by atoms with E-state index in [0.29, 0.717) is 0 Å². The van der Waals surface area contributed by atoms with Gasteiger partial charge in [0.25, 0.3) is 0 Å². The first-order valence-corrected chi connectivity index (χ1v) is 3.41. The van der Waals surface area contributed by atoms with Gasteiger partial charge in [0.1, 0.15) is 23.5 Å². The Morgan fingerprint density at radius 2 is 1.33 bits per heavy atom. The third kappa shape index (κ3) is 1.28. The third-order valence-corrected chi connectivity index (χ3v) is 1.91. The van der Waals surface area contributed by atoms with E-state index in [0.717, 1.165) is 0 Å². The molecule has 6 heteroatoms. The van der Waals surface area contributed by atoms with Gasteiger partial charge in [0.05, 0.1) is 0 Å². The summed E-state index contributed by atoms with van der Waals surface area (Å²) >= 11 is 3.62. The first-order valence-electron chi connectivity index (χ1n) is 2.97. The topological polar surface area (TPSA) is 0 Å². The molecule has 0 unspecified atom stereocenters. The van der Waals surface area contributed by atoms with Crippen LogP contribution in [0.25, 0.3) is 0 Å². The van der Waals surface area contributed by atoms with Crippen LogP contribution in [0.5, 0.6) is 0 Å². The van der Waals surface area contributed by atoms with Gasteiger partial charge < -0.3 is 0 Å². The van der Waals surface area contributed by atoms with Gasteiger partial charge in [0, 0.05) is 4.90 Å². The fourth-order valence-electron chi connectivity index (χ4n) is 0.731. The lowest BCUT2D eigenvalue weighted by molar-refractivity contribution is 0.500. The zero-order chi connectivity index (χ0) is 9.46. The normalized spacial score (nSPS) is 10.2. The molecule has 54 valence electrons. The second-order valence-corrected chi connectivity index (χ2v) is 2.66. The van der Waals surface area contributed by atoms with Crippen LogP contribution in [0.15, 0.2) is 4.90 Å². The summed E-state index contributed by atoms with van der Waals surface area (Å²) in [6, 6.07) is 0. The van der Waals surface area contributed by atoms with Crippen LogP contribution in [0.3, 0.4) is 0 Å². The van der Waals surface area contributed by atoms with Crippen molar-refractivity contribution in [2.45, 2.75) is 4.90 Å². The summed E-state index contributed by atoms with van der Waals surface area (Å²) < 4.78 is 25.5. The number of hydrogen-bond acceptors (Lipinski definition) is 1. The standard InChI is InChI=1S/C6HB3F2S/c7-1-2(8)4(10)5(11)6(12)3(1)9/h12H. The minimum Gasteiger partial charge on any atom is -0.204 e. The number of hydrogen-bond donors (Lipinski definition) is 1.